The second-order valence-electron chi connectivity index (χ2n) is 2.80. The molecule has 0 atom stereocenters. The Morgan fingerprint density at radius 2 is 1.94 bits per heavy atom. The number of rotatable bonds is 0. The quantitative estimate of drug-likeness (QED) is 0.535. The average molecular weight is 231 g/mol. The molecule has 0 aliphatic heterocycles. The van der Waals surface area contributed by atoms with Gasteiger partial charge in [-0.3, -0.25) is 4.79 Å². The number of carbonyl (C=O) groups is 1. The van der Waals surface area contributed by atoms with Crippen LogP contribution in [-0.4, -0.2) is 5.91 Å². The molecule has 2 N–H and O–H groups in total. The molecule has 0 aromatic heterocycles. The average Bonchev–Trinajstić information content (AvgIpc) is 2.14. The molecule has 1 aromatic carbocycles. The Balaban J connectivity index is 3.31. The summed E-state index contributed by atoms with van der Waals surface area (Å²) >= 11 is 0. The molecule has 1 amide bonds. The highest BCUT2D eigenvalue weighted by atomic mass is 19.4. The number of hydrogen-bond acceptors (Lipinski definition) is 1. The number of carbonyl (C=O) groups excluding carboxylic acids is 1. The lowest BCUT2D eigenvalue weighted by Crippen LogP contribution is -2.09. The van der Waals surface area contributed by atoms with Crippen LogP contribution in [0.2, 0.25) is 0 Å². The monoisotopic (exact) mass is 231 g/mol. The van der Waals surface area contributed by atoms with Crippen molar-refractivity contribution in [3.8, 4) is 11.8 Å². The summed E-state index contributed by atoms with van der Waals surface area (Å²) in [6, 6.07) is 1.97. The third-order valence-electron chi connectivity index (χ3n) is 1.61. The molecule has 0 spiro atoms. The van der Waals surface area contributed by atoms with Gasteiger partial charge in [-0.2, -0.15) is 13.2 Å². The summed E-state index contributed by atoms with van der Waals surface area (Å²) in [7, 11) is 0. The second kappa shape index (κ2) is 4.23. The first-order valence-electron chi connectivity index (χ1n) is 3.99. The third-order valence-corrected chi connectivity index (χ3v) is 1.61. The molecule has 16 heavy (non-hydrogen) atoms. The summed E-state index contributed by atoms with van der Waals surface area (Å²) in [6.45, 7) is 0. The van der Waals surface area contributed by atoms with Gasteiger partial charge in [0, 0.05) is 5.56 Å². The summed E-state index contributed by atoms with van der Waals surface area (Å²) in [5, 5.41) is 0. The van der Waals surface area contributed by atoms with Crippen molar-refractivity contribution >= 4 is 5.91 Å². The highest BCUT2D eigenvalue weighted by Crippen LogP contribution is 2.32. The van der Waals surface area contributed by atoms with E-state index >= 15 is 0 Å². The molecule has 0 aliphatic rings. The maximum atomic E-state index is 12.6. The highest BCUT2D eigenvalue weighted by molar-refractivity contribution is 5.92. The normalized spacial score (nSPS) is 10.5. The number of alkyl halides is 3. The van der Waals surface area contributed by atoms with Crippen LogP contribution in [0.3, 0.4) is 0 Å². The van der Waals surface area contributed by atoms with Crippen LogP contribution < -0.4 is 5.73 Å². The smallest absolute Gasteiger partial charge is 0.359 e. The van der Waals surface area contributed by atoms with Crippen molar-refractivity contribution < 1.29 is 22.4 Å². The van der Waals surface area contributed by atoms with Crippen LogP contribution in [0.25, 0.3) is 0 Å². The lowest BCUT2D eigenvalue weighted by atomic mass is 10.1. The molecular formula is C10H5F4NO. The number of amides is 1. The Morgan fingerprint density at radius 1 is 1.31 bits per heavy atom. The van der Waals surface area contributed by atoms with E-state index in [1.165, 1.54) is 0 Å². The Kier molecular flexibility index (Phi) is 3.18. The van der Waals surface area contributed by atoms with Crippen molar-refractivity contribution in [2.75, 3.05) is 0 Å². The lowest BCUT2D eigenvalue weighted by Gasteiger charge is -2.08. The molecule has 0 unspecified atom stereocenters. The molecule has 2 nitrogen and oxygen atoms in total. The van der Waals surface area contributed by atoms with Crippen LogP contribution in [0.15, 0.2) is 18.2 Å². The van der Waals surface area contributed by atoms with Crippen molar-refractivity contribution in [1.29, 1.82) is 0 Å². The van der Waals surface area contributed by atoms with Gasteiger partial charge in [0.05, 0.1) is 5.56 Å². The standard InChI is InChI=1S/C10H5F4NO/c11-7-3-1-6(2-4-9(15)16)8(5-7)10(12,13)14/h1,3,5H,(H2,15,16). The van der Waals surface area contributed by atoms with Gasteiger partial charge in [-0.15, -0.1) is 0 Å². The Labute approximate surface area is 88.1 Å². The number of benzene rings is 1. The molecule has 6 heteroatoms. The molecule has 0 fully saturated rings. The molecule has 1 rings (SSSR count). The van der Waals surface area contributed by atoms with Gasteiger partial charge in [0.15, 0.2) is 0 Å². The van der Waals surface area contributed by atoms with Crippen molar-refractivity contribution in [3.63, 3.8) is 0 Å². The Bertz CT molecular complexity index is 482. The molecule has 1 aromatic rings. The minimum Gasteiger partial charge on any atom is -0.359 e. The molecule has 0 radical (unpaired) electrons. The minimum atomic E-state index is -4.73. The Hall–Kier alpha value is -2.03. The van der Waals surface area contributed by atoms with Crippen LogP contribution in [0.1, 0.15) is 11.1 Å². The van der Waals surface area contributed by atoms with Gasteiger partial charge in [-0.05, 0) is 24.1 Å². The summed E-state index contributed by atoms with van der Waals surface area (Å²) in [4.78, 5) is 10.3. The van der Waals surface area contributed by atoms with E-state index in [0.29, 0.717) is 6.07 Å². The van der Waals surface area contributed by atoms with Crippen LogP contribution in [0, 0.1) is 17.7 Å². The zero-order chi connectivity index (χ0) is 12.3. The van der Waals surface area contributed by atoms with Gasteiger partial charge in [0.25, 0.3) is 5.91 Å². The van der Waals surface area contributed by atoms with E-state index in [1.807, 2.05) is 5.92 Å². The highest BCUT2D eigenvalue weighted by Gasteiger charge is 2.33. The van der Waals surface area contributed by atoms with Crippen molar-refractivity contribution in [2.24, 2.45) is 5.73 Å². The maximum absolute atomic E-state index is 12.6. The van der Waals surface area contributed by atoms with Gasteiger partial charge in [-0.1, -0.05) is 5.92 Å². The summed E-state index contributed by atoms with van der Waals surface area (Å²) in [5.41, 5.74) is 2.93. The van der Waals surface area contributed by atoms with Crippen LogP contribution in [0.4, 0.5) is 17.6 Å². The Morgan fingerprint density at radius 3 is 2.44 bits per heavy atom. The fraction of sp³-hybridized carbons (Fsp3) is 0.100. The minimum absolute atomic E-state index is 0.311. The molecule has 84 valence electrons. The number of hydrogen-bond donors (Lipinski definition) is 1. The summed E-state index contributed by atoms with van der Waals surface area (Å²) in [5.74, 6) is 1.61. The molecule has 0 saturated carbocycles. The number of nitrogens with two attached hydrogens (primary N) is 1. The van der Waals surface area contributed by atoms with Crippen LogP contribution in [-0.2, 0) is 11.0 Å². The van der Waals surface area contributed by atoms with Crippen LogP contribution >= 0.6 is 0 Å². The SMILES string of the molecule is NC(=O)C#Cc1ccc(F)cc1C(F)(F)F. The fourth-order valence-corrected chi connectivity index (χ4v) is 0.989. The molecule has 0 saturated heterocycles. The van der Waals surface area contributed by atoms with Gasteiger partial charge in [0.2, 0.25) is 0 Å². The van der Waals surface area contributed by atoms with Crippen molar-refractivity contribution in [1.82, 2.24) is 0 Å². The topological polar surface area (TPSA) is 43.1 Å². The van der Waals surface area contributed by atoms with Gasteiger partial charge in [-0.25, -0.2) is 4.39 Å². The largest absolute Gasteiger partial charge is 0.417 e. The lowest BCUT2D eigenvalue weighted by molar-refractivity contribution is -0.138. The predicted molar refractivity (Wildman–Crippen MR) is 47.5 cm³/mol. The van der Waals surface area contributed by atoms with E-state index in [2.05, 4.69) is 5.73 Å². The third kappa shape index (κ3) is 2.98. The first-order valence-corrected chi connectivity index (χ1v) is 3.99. The molecular weight excluding hydrogens is 226 g/mol. The second-order valence-corrected chi connectivity index (χ2v) is 2.80. The molecule has 0 heterocycles. The summed E-state index contributed by atoms with van der Waals surface area (Å²) < 4.78 is 49.8. The summed E-state index contributed by atoms with van der Waals surface area (Å²) in [6.07, 6.45) is -4.73. The number of primary amides is 1. The van der Waals surface area contributed by atoms with E-state index in [9.17, 15) is 22.4 Å². The first-order chi connectivity index (χ1) is 7.30. The van der Waals surface area contributed by atoms with E-state index in [0.717, 1.165) is 12.1 Å². The van der Waals surface area contributed by atoms with Gasteiger partial charge >= 0.3 is 6.18 Å². The maximum Gasteiger partial charge on any atom is 0.417 e. The van der Waals surface area contributed by atoms with E-state index < -0.39 is 29.0 Å². The zero-order valence-corrected chi connectivity index (χ0v) is 7.73. The van der Waals surface area contributed by atoms with Crippen LogP contribution in [0.5, 0.6) is 0 Å². The van der Waals surface area contributed by atoms with Gasteiger partial charge < -0.3 is 5.73 Å². The molecule has 0 aliphatic carbocycles. The molecule has 0 bridgehead atoms. The zero-order valence-electron chi connectivity index (χ0n) is 7.73. The predicted octanol–water partition coefficient (Wildman–Crippen LogP) is 1.68. The van der Waals surface area contributed by atoms with E-state index in [4.69, 9.17) is 0 Å². The number of halogens is 4. The van der Waals surface area contributed by atoms with E-state index in [1.54, 1.807) is 5.92 Å². The van der Waals surface area contributed by atoms with Crippen molar-refractivity contribution in [3.05, 3.63) is 35.1 Å². The van der Waals surface area contributed by atoms with E-state index in [-0.39, 0.29) is 0 Å². The van der Waals surface area contributed by atoms with Gasteiger partial charge in [0.1, 0.15) is 5.82 Å². The fourth-order valence-electron chi connectivity index (χ4n) is 0.989. The first kappa shape index (κ1) is 12.0. The van der Waals surface area contributed by atoms with Crippen molar-refractivity contribution in [2.45, 2.75) is 6.18 Å².